The predicted octanol–water partition coefficient (Wildman–Crippen LogP) is 3.35. The molecule has 2 N–H and O–H groups in total. The van der Waals surface area contributed by atoms with Gasteiger partial charge < -0.3 is 5.73 Å². The lowest BCUT2D eigenvalue weighted by atomic mass is 10.0. The lowest BCUT2D eigenvalue weighted by molar-refractivity contribution is 0.714. The van der Waals surface area contributed by atoms with Gasteiger partial charge in [-0.05, 0) is 19.4 Å². The first-order chi connectivity index (χ1) is 6.50. The van der Waals surface area contributed by atoms with Crippen molar-refractivity contribution in [3.05, 3.63) is 40.2 Å². The van der Waals surface area contributed by atoms with Crippen molar-refractivity contribution < 1.29 is 0 Å². The molecular formula is C10H12Cl2N2. The van der Waals surface area contributed by atoms with Gasteiger partial charge in [-0.1, -0.05) is 34.8 Å². The Morgan fingerprint density at radius 2 is 2.21 bits per heavy atom. The van der Waals surface area contributed by atoms with Crippen LogP contribution in [0.25, 0.3) is 0 Å². The topological polar surface area (TPSA) is 38.9 Å². The Balaban J connectivity index is 2.90. The lowest BCUT2D eigenvalue weighted by Gasteiger charge is -2.12. The molecule has 0 spiro atoms. The first-order valence-corrected chi connectivity index (χ1v) is 4.98. The number of halogens is 2. The molecule has 0 saturated carbocycles. The molecule has 0 amide bonds. The molecule has 4 heteroatoms. The average Bonchev–Trinajstić information content (AvgIpc) is 2.01. The van der Waals surface area contributed by atoms with Crippen LogP contribution in [0.15, 0.2) is 24.3 Å². The van der Waals surface area contributed by atoms with E-state index in [1.807, 2.05) is 6.92 Å². The van der Waals surface area contributed by atoms with Gasteiger partial charge in [0.1, 0.15) is 10.3 Å². The van der Waals surface area contributed by atoms with E-state index < -0.39 is 0 Å². The van der Waals surface area contributed by atoms with Crippen LogP contribution < -0.4 is 5.73 Å². The van der Waals surface area contributed by atoms with Gasteiger partial charge in [0.2, 0.25) is 0 Å². The summed E-state index contributed by atoms with van der Waals surface area (Å²) in [6.07, 6.45) is 0.697. The largest absolute Gasteiger partial charge is 0.324 e. The lowest BCUT2D eigenvalue weighted by Crippen LogP contribution is -2.11. The highest BCUT2D eigenvalue weighted by molar-refractivity contribution is 6.32. The molecule has 0 aliphatic heterocycles. The fraction of sp³-hybridized carbons (Fsp3) is 0.300. The first kappa shape index (κ1) is 11.5. The molecule has 1 rings (SSSR count). The van der Waals surface area contributed by atoms with Crippen LogP contribution in [0.1, 0.15) is 24.9 Å². The van der Waals surface area contributed by atoms with Gasteiger partial charge in [0, 0.05) is 11.6 Å². The van der Waals surface area contributed by atoms with Crippen LogP contribution in [0.3, 0.4) is 0 Å². The maximum Gasteiger partial charge on any atom is 0.135 e. The van der Waals surface area contributed by atoms with E-state index in [1.54, 1.807) is 12.1 Å². The normalized spacial score (nSPS) is 12.6. The molecule has 0 fully saturated rings. The van der Waals surface area contributed by atoms with Crippen LogP contribution in [0.2, 0.25) is 10.3 Å². The van der Waals surface area contributed by atoms with Gasteiger partial charge in [0.25, 0.3) is 0 Å². The number of rotatable bonds is 3. The van der Waals surface area contributed by atoms with Crippen molar-refractivity contribution in [2.75, 3.05) is 0 Å². The van der Waals surface area contributed by atoms with Crippen LogP contribution in [0, 0.1) is 0 Å². The Bertz CT molecular complexity index is 350. The molecule has 2 nitrogen and oxygen atoms in total. The second kappa shape index (κ2) is 4.78. The quantitative estimate of drug-likeness (QED) is 0.639. The van der Waals surface area contributed by atoms with Gasteiger partial charge in [0.05, 0.1) is 0 Å². The second-order valence-electron chi connectivity index (χ2n) is 3.28. The molecule has 0 bridgehead atoms. The predicted molar refractivity (Wildman–Crippen MR) is 60.6 cm³/mol. The van der Waals surface area contributed by atoms with Gasteiger partial charge in [0.15, 0.2) is 0 Å². The number of hydrogen-bond acceptors (Lipinski definition) is 2. The van der Waals surface area contributed by atoms with Gasteiger partial charge in [-0.25, -0.2) is 4.98 Å². The van der Waals surface area contributed by atoms with E-state index in [4.69, 9.17) is 28.9 Å². The first-order valence-electron chi connectivity index (χ1n) is 4.22. The van der Waals surface area contributed by atoms with Crippen LogP contribution in [0.4, 0.5) is 0 Å². The van der Waals surface area contributed by atoms with Crippen molar-refractivity contribution in [3.8, 4) is 0 Å². The van der Waals surface area contributed by atoms with Crippen LogP contribution in [-0.2, 0) is 0 Å². The molecule has 0 aromatic carbocycles. The van der Waals surface area contributed by atoms with Crippen molar-refractivity contribution in [3.63, 3.8) is 0 Å². The summed E-state index contributed by atoms with van der Waals surface area (Å²) >= 11 is 11.6. The van der Waals surface area contributed by atoms with Gasteiger partial charge in [-0.3, -0.25) is 0 Å². The second-order valence-corrected chi connectivity index (χ2v) is 4.03. The molecule has 1 heterocycles. The Morgan fingerprint density at radius 3 is 2.71 bits per heavy atom. The van der Waals surface area contributed by atoms with Crippen LogP contribution >= 0.6 is 23.2 Å². The highest BCUT2D eigenvalue weighted by Crippen LogP contribution is 2.25. The van der Waals surface area contributed by atoms with Crippen molar-refractivity contribution in [1.82, 2.24) is 4.98 Å². The minimum absolute atomic E-state index is 0.162. The molecule has 0 aliphatic rings. The van der Waals surface area contributed by atoms with Crippen LogP contribution in [-0.4, -0.2) is 4.98 Å². The molecule has 0 radical (unpaired) electrons. The number of hydrogen-bond donors (Lipinski definition) is 1. The fourth-order valence-corrected chi connectivity index (χ4v) is 1.67. The molecule has 1 aromatic rings. The van der Waals surface area contributed by atoms with E-state index in [1.165, 1.54) is 0 Å². The maximum atomic E-state index is 5.92. The zero-order valence-corrected chi connectivity index (χ0v) is 9.44. The molecule has 1 unspecified atom stereocenters. The summed E-state index contributed by atoms with van der Waals surface area (Å²) in [5.41, 5.74) is 7.74. The van der Waals surface area contributed by atoms with Crippen molar-refractivity contribution in [2.24, 2.45) is 5.73 Å². The molecular weight excluding hydrogens is 219 g/mol. The Kier molecular flexibility index (Phi) is 3.93. The summed E-state index contributed by atoms with van der Waals surface area (Å²) in [6.45, 7) is 5.73. The maximum absolute atomic E-state index is 5.92. The molecule has 1 atom stereocenters. The zero-order valence-electron chi connectivity index (χ0n) is 7.93. The summed E-state index contributed by atoms with van der Waals surface area (Å²) in [7, 11) is 0. The Labute approximate surface area is 93.7 Å². The number of aromatic nitrogens is 1. The molecule has 14 heavy (non-hydrogen) atoms. The van der Waals surface area contributed by atoms with Crippen molar-refractivity contribution in [2.45, 2.75) is 19.4 Å². The number of nitrogens with zero attached hydrogens (tertiary/aromatic N) is 1. The SMILES string of the molecule is C=C(C)CC(N)c1ccc(Cl)nc1Cl. The third-order valence-corrected chi connectivity index (χ3v) is 2.32. The summed E-state index contributed by atoms with van der Waals surface area (Å²) in [5.74, 6) is 0. The standard InChI is InChI=1S/C10H12Cl2N2/c1-6(2)5-8(13)7-3-4-9(11)14-10(7)12/h3-4,8H,1,5,13H2,2H3. The van der Waals surface area contributed by atoms with Gasteiger partial charge in [-0.2, -0.15) is 0 Å². The summed E-state index contributed by atoms with van der Waals surface area (Å²) < 4.78 is 0. The van der Waals surface area contributed by atoms with E-state index in [2.05, 4.69) is 11.6 Å². The van der Waals surface area contributed by atoms with Gasteiger partial charge >= 0.3 is 0 Å². The fourth-order valence-electron chi connectivity index (χ4n) is 1.18. The molecule has 76 valence electrons. The average molecular weight is 231 g/mol. The summed E-state index contributed by atoms with van der Waals surface area (Å²) in [4.78, 5) is 3.92. The van der Waals surface area contributed by atoms with Crippen LogP contribution in [0.5, 0.6) is 0 Å². The molecule has 0 saturated heterocycles. The highest BCUT2D eigenvalue weighted by atomic mass is 35.5. The smallest absolute Gasteiger partial charge is 0.135 e. The third kappa shape index (κ3) is 2.98. The van der Waals surface area contributed by atoms with Crippen molar-refractivity contribution >= 4 is 23.2 Å². The minimum atomic E-state index is -0.162. The minimum Gasteiger partial charge on any atom is -0.324 e. The highest BCUT2D eigenvalue weighted by Gasteiger charge is 2.11. The monoisotopic (exact) mass is 230 g/mol. The van der Waals surface area contributed by atoms with E-state index in [0.29, 0.717) is 16.7 Å². The third-order valence-electron chi connectivity index (χ3n) is 1.81. The number of nitrogens with two attached hydrogens (primary N) is 1. The Morgan fingerprint density at radius 1 is 1.57 bits per heavy atom. The van der Waals surface area contributed by atoms with E-state index in [0.717, 1.165) is 11.1 Å². The molecule has 0 aliphatic carbocycles. The Hall–Kier alpha value is -0.570. The van der Waals surface area contributed by atoms with E-state index in [-0.39, 0.29) is 6.04 Å². The number of pyridine rings is 1. The van der Waals surface area contributed by atoms with E-state index in [9.17, 15) is 0 Å². The van der Waals surface area contributed by atoms with E-state index >= 15 is 0 Å². The summed E-state index contributed by atoms with van der Waals surface area (Å²) in [5, 5.41) is 0.743. The van der Waals surface area contributed by atoms with Crippen molar-refractivity contribution in [1.29, 1.82) is 0 Å². The molecule has 1 aromatic heterocycles. The van der Waals surface area contributed by atoms with Gasteiger partial charge in [-0.15, -0.1) is 6.58 Å². The summed E-state index contributed by atoms with van der Waals surface area (Å²) in [6, 6.07) is 3.32. The zero-order chi connectivity index (χ0) is 10.7.